The number of carbonyl (C=O) groups is 2. The molecule has 0 heterocycles. The lowest BCUT2D eigenvalue weighted by Gasteiger charge is -2.33. The highest BCUT2D eigenvalue weighted by Gasteiger charge is 2.34. The Morgan fingerprint density at radius 1 is 0.868 bits per heavy atom. The van der Waals surface area contributed by atoms with Gasteiger partial charge in [0.25, 0.3) is 10.0 Å². The Hall–Kier alpha value is -3.65. The summed E-state index contributed by atoms with van der Waals surface area (Å²) in [5.74, 6) is -0.699. The van der Waals surface area contributed by atoms with Crippen molar-refractivity contribution >= 4 is 27.5 Å². The minimum absolute atomic E-state index is 0.0915. The molecule has 2 amide bonds. The van der Waals surface area contributed by atoms with E-state index in [9.17, 15) is 18.0 Å². The Kier molecular flexibility index (Phi) is 10.1. The summed E-state index contributed by atoms with van der Waals surface area (Å²) in [5.41, 5.74) is 3.08. The number of carbonyl (C=O) groups excluding carboxylic acids is 2. The summed E-state index contributed by atoms with van der Waals surface area (Å²) >= 11 is 0. The topological polar surface area (TPSA) is 86.8 Å². The van der Waals surface area contributed by atoms with E-state index >= 15 is 0 Å². The summed E-state index contributed by atoms with van der Waals surface area (Å²) < 4.78 is 28.8. The van der Waals surface area contributed by atoms with Gasteiger partial charge in [0.1, 0.15) is 12.6 Å². The molecule has 8 heteroatoms. The fourth-order valence-electron chi connectivity index (χ4n) is 4.25. The molecular formula is C30H37N3O4S. The van der Waals surface area contributed by atoms with Crippen LogP contribution in [-0.2, 0) is 26.2 Å². The molecule has 0 bridgehead atoms. The molecule has 3 aromatic rings. The Balaban J connectivity index is 2.04. The van der Waals surface area contributed by atoms with Gasteiger partial charge in [-0.1, -0.05) is 80.1 Å². The molecule has 0 aromatic heterocycles. The van der Waals surface area contributed by atoms with E-state index in [1.807, 2.05) is 64.1 Å². The lowest BCUT2D eigenvalue weighted by molar-refractivity contribution is -0.140. The quantitative estimate of drug-likeness (QED) is 0.360. The fraction of sp³-hybridized carbons (Fsp3) is 0.333. The Morgan fingerprint density at radius 2 is 1.50 bits per heavy atom. The maximum Gasteiger partial charge on any atom is 0.264 e. The Morgan fingerprint density at radius 3 is 2.11 bits per heavy atom. The summed E-state index contributed by atoms with van der Waals surface area (Å²) in [6, 6.07) is 22.2. The molecule has 0 saturated carbocycles. The highest BCUT2D eigenvalue weighted by molar-refractivity contribution is 7.92. The number of hydrogen-bond acceptors (Lipinski definition) is 4. The van der Waals surface area contributed by atoms with Gasteiger partial charge in [-0.05, 0) is 56.0 Å². The molecule has 0 fully saturated rings. The van der Waals surface area contributed by atoms with Crippen LogP contribution in [0.25, 0.3) is 0 Å². The van der Waals surface area contributed by atoms with Crippen molar-refractivity contribution in [3.63, 3.8) is 0 Å². The second-order valence-corrected chi connectivity index (χ2v) is 11.2. The zero-order chi connectivity index (χ0) is 27.7. The highest BCUT2D eigenvalue weighted by atomic mass is 32.2. The van der Waals surface area contributed by atoms with Gasteiger partial charge in [-0.3, -0.25) is 13.9 Å². The van der Waals surface area contributed by atoms with Crippen LogP contribution >= 0.6 is 0 Å². The van der Waals surface area contributed by atoms with Crippen molar-refractivity contribution in [1.82, 2.24) is 10.2 Å². The third-order valence-electron chi connectivity index (χ3n) is 6.40. The lowest BCUT2D eigenvalue weighted by Crippen LogP contribution is -2.52. The molecule has 0 unspecified atom stereocenters. The summed E-state index contributed by atoms with van der Waals surface area (Å²) in [4.78, 5) is 28.7. The van der Waals surface area contributed by atoms with E-state index in [0.717, 1.165) is 27.4 Å². The first-order chi connectivity index (χ1) is 18.2. The minimum atomic E-state index is -4.07. The van der Waals surface area contributed by atoms with Crippen molar-refractivity contribution in [1.29, 1.82) is 0 Å². The average Bonchev–Trinajstić information content (AvgIpc) is 2.92. The maximum atomic E-state index is 14.0. The number of para-hydroxylation sites is 1. The Bertz CT molecular complexity index is 1330. The number of rotatable bonds is 12. The normalized spacial score (nSPS) is 12.0. The molecule has 0 radical (unpaired) electrons. The number of nitrogens with one attached hydrogen (secondary N) is 1. The van der Waals surface area contributed by atoms with E-state index in [-0.39, 0.29) is 17.3 Å². The number of sulfonamides is 1. The number of benzene rings is 3. The van der Waals surface area contributed by atoms with Crippen LogP contribution in [0.5, 0.6) is 0 Å². The third kappa shape index (κ3) is 7.01. The lowest BCUT2D eigenvalue weighted by atomic mass is 10.1. The number of hydrogen-bond donors (Lipinski definition) is 1. The highest BCUT2D eigenvalue weighted by Crippen LogP contribution is 2.27. The molecule has 3 rings (SSSR count). The number of nitrogens with zero attached hydrogens (tertiary/aromatic N) is 2. The number of aryl methyl sites for hydroxylation is 2. The van der Waals surface area contributed by atoms with E-state index < -0.39 is 28.5 Å². The molecule has 0 spiro atoms. The second kappa shape index (κ2) is 13.2. The smallest absolute Gasteiger partial charge is 0.264 e. The first-order valence-electron chi connectivity index (χ1n) is 12.9. The largest absolute Gasteiger partial charge is 0.354 e. The van der Waals surface area contributed by atoms with Crippen molar-refractivity contribution in [2.75, 3.05) is 17.4 Å². The summed E-state index contributed by atoms with van der Waals surface area (Å²) in [7, 11) is -4.07. The molecule has 0 aliphatic carbocycles. The zero-order valence-electron chi connectivity index (χ0n) is 22.6. The van der Waals surface area contributed by atoms with Crippen molar-refractivity contribution in [2.24, 2.45) is 0 Å². The molecular weight excluding hydrogens is 498 g/mol. The fourth-order valence-corrected chi connectivity index (χ4v) is 5.75. The van der Waals surface area contributed by atoms with Gasteiger partial charge < -0.3 is 10.2 Å². The van der Waals surface area contributed by atoms with Gasteiger partial charge in [0.05, 0.1) is 10.6 Å². The Labute approximate surface area is 226 Å². The van der Waals surface area contributed by atoms with Crippen molar-refractivity contribution in [3.8, 4) is 0 Å². The molecule has 3 aromatic carbocycles. The average molecular weight is 536 g/mol. The first-order valence-corrected chi connectivity index (χ1v) is 14.4. The summed E-state index contributed by atoms with van der Waals surface area (Å²) in [6.07, 6.45) is 1.16. The van der Waals surface area contributed by atoms with Gasteiger partial charge in [-0.25, -0.2) is 8.42 Å². The SMILES string of the molecule is CCCNC(=O)[C@@H](CC)N(Cc1ccc(C)cc1)C(=O)CN(c1ccccc1C)S(=O)(=O)c1ccccc1. The molecule has 0 aliphatic rings. The van der Waals surface area contributed by atoms with Crippen LogP contribution in [0, 0.1) is 13.8 Å². The van der Waals surface area contributed by atoms with E-state index in [0.29, 0.717) is 18.7 Å². The molecule has 38 heavy (non-hydrogen) atoms. The zero-order valence-corrected chi connectivity index (χ0v) is 23.4. The maximum absolute atomic E-state index is 14.0. The van der Waals surface area contributed by atoms with Crippen LogP contribution in [0.1, 0.15) is 43.4 Å². The van der Waals surface area contributed by atoms with Crippen molar-refractivity contribution in [2.45, 2.75) is 58.0 Å². The predicted molar refractivity (Wildman–Crippen MR) is 151 cm³/mol. The third-order valence-corrected chi connectivity index (χ3v) is 8.18. The van der Waals surface area contributed by atoms with Gasteiger partial charge >= 0.3 is 0 Å². The number of amides is 2. The predicted octanol–water partition coefficient (Wildman–Crippen LogP) is 4.83. The molecule has 0 aliphatic heterocycles. The van der Waals surface area contributed by atoms with Crippen molar-refractivity contribution in [3.05, 3.63) is 95.6 Å². The van der Waals surface area contributed by atoms with Gasteiger partial charge in [0.15, 0.2) is 0 Å². The van der Waals surface area contributed by atoms with Gasteiger partial charge in [0.2, 0.25) is 11.8 Å². The van der Waals surface area contributed by atoms with E-state index in [1.165, 1.54) is 17.0 Å². The molecule has 7 nitrogen and oxygen atoms in total. The molecule has 0 saturated heterocycles. The number of anilines is 1. The van der Waals surface area contributed by atoms with Crippen LogP contribution < -0.4 is 9.62 Å². The van der Waals surface area contributed by atoms with Crippen LogP contribution in [-0.4, -0.2) is 44.3 Å². The second-order valence-electron chi connectivity index (χ2n) is 9.33. The van der Waals surface area contributed by atoms with Gasteiger partial charge in [0, 0.05) is 13.1 Å². The summed E-state index contributed by atoms with van der Waals surface area (Å²) in [6.45, 7) is 7.85. The monoisotopic (exact) mass is 535 g/mol. The molecule has 1 N–H and O–H groups in total. The van der Waals surface area contributed by atoms with Gasteiger partial charge in [-0.15, -0.1) is 0 Å². The van der Waals surface area contributed by atoms with Crippen LogP contribution in [0.4, 0.5) is 5.69 Å². The minimum Gasteiger partial charge on any atom is -0.354 e. The van der Waals surface area contributed by atoms with Crippen LogP contribution in [0.15, 0.2) is 83.8 Å². The van der Waals surface area contributed by atoms with E-state index in [4.69, 9.17) is 0 Å². The van der Waals surface area contributed by atoms with Crippen LogP contribution in [0.2, 0.25) is 0 Å². The van der Waals surface area contributed by atoms with E-state index in [1.54, 1.807) is 30.3 Å². The van der Waals surface area contributed by atoms with Crippen molar-refractivity contribution < 1.29 is 18.0 Å². The molecule has 1 atom stereocenters. The summed E-state index contributed by atoms with van der Waals surface area (Å²) in [5, 5.41) is 2.90. The van der Waals surface area contributed by atoms with E-state index in [2.05, 4.69) is 5.32 Å². The first kappa shape index (κ1) is 28.9. The van der Waals surface area contributed by atoms with Gasteiger partial charge in [-0.2, -0.15) is 0 Å². The standard InChI is InChI=1S/C30H37N3O4S/c1-5-20-31-30(35)27(6-2)32(21-25-18-16-23(3)17-19-25)29(34)22-33(28-15-11-10-12-24(28)4)38(36,37)26-13-8-7-9-14-26/h7-19,27H,5-6,20-22H2,1-4H3,(H,31,35)/t27-/m1/s1. The molecule has 202 valence electrons. The van der Waals surface area contributed by atoms with Crippen LogP contribution in [0.3, 0.4) is 0 Å².